The third kappa shape index (κ3) is 7.20. The Bertz CT molecular complexity index is 1370. The zero-order chi connectivity index (χ0) is 27.1. The fraction of sp³-hybridized carbons (Fsp3) is 0.207. The summed E-state index contributed by atoms with van der Waals surface area (Å²) in [6, 6.07) is 23.5. The van der Waals surface area contributed by atoms with Crippen LogP contribution < -0.4 is 10.6 Å². The van der Waals surface area contributed by atoms with Gasteiger partial charge in [-0.25, -0.2) is 13.9 Å². The van der Waals surface area contributed by atoms with Crippen molar-refractivity contribution in [3.8, 4) is 16.9 Å². The molecule has 2 N–H and O–H groups in total. The fourth-order valence-corrected chi connectivity index (χ4v) is 3.88. The van der Waals surface area contributed by atoms with Crippen LogP contribution in [0.15, 0.2) is 84.9 Å². The standard InChI is InChI=1S/C29H29ClFN5O2/c1-20(2)16-17-35(29(38)32-24-12-8-22(30)9-13-24)19-28(37)33-27-18-26(21-6-4-3-5-7-21)34-36(27)25-14-10-23(31)11-15-25/h3-15,18,20H,16-17,19H2,1-2H3,(H,32,38)(H,33,37). The summed E-state index contributed by atoms with van der Waals surface area (Å²) in [5.74, 6) is -0.00948. The molecule has 1 heterocycles. The number of rotatable bonds is 9. The van der Waals surface area contributed by atoms with Crippen LogP contribution in [0.4, 0.5) is 20.7 Å². The van der Waals surface area contributed by atoms with Crippen LogP contribution in [0.25, 0.3) is 16.9 Å². The Labute approximate surface area is 226 Å². The molecule has 0 aliphatic rings. The van der Waals surface area contributed by atoms with Crippen LogP contribution in [0.5, 0.6) is 0 Å². The highest BCUT2D eigenvalue weighted by atomic mass is 35.5. The van der Waals surface area contributed by atoms with Gasteiger partial charge in [-0.1, -0.05) is 55.8 Å². The first-order valence-corrected chi connectivity index (χ1v) is 12.7. The zero-order valence-electron chi connectivity index (χ0n) is 21.2. The van der Waals surface area contributed by atoms with Crippen molar-refractivity contribution in [1.82, 2.24) is 14.7 Å². The molecule has 7 nitrogen and oxygen atoms in total. The molecule has 0 aliphatic heterocycles. The van der Waals surface area contributed by atoms with E-state index in [9.17, 15) is 14.0 Å². The van der Waals surface area contributed by atoms with Gasteiger partial charge in [-0.15, -0.1) is 0 Å². The van der Waals surface area contributed by atoms with Crippen molar-refractivity contribution in [2.45, 2.75) is 20.3 Å². The van der Waals surface area contributed by atoms with Crippen molar-refractivity contribution in [3.63, 3.8) is 0 Å². The van der Waals surface area contributed by atoms with Crippen molar-refractivity contribution in [3.05, 3.63) is 95.8 Å². The number of benzene rings is 3. The van der Waals surface area contributed by atoms with Crippen molar-refractivity contribution in [2.24, 2.45) is 5.92 Å². The number of carbonyl (C=O) groups excluding carboxylic acids is 2. The Kier molecular flexibility index (Phi) is 8.76. The molecule has 0 bridgehead atoms. The molecule has 1 aromatic heterocycles. The van der Waals surface area contributed by atoms with Crippen LogP contribution in [-0.2, 0) is 4.79 Å². The lowest BCUT2D eigenvalue weighted by atomic mass is 10.1. The summed E-state index contributed by atoms with van der Waals surface area (Å²) in [5.41, 5.74) is 2.67. The van der Waals surface area contributed by atoms with Gasteiger partial charge in [-0.2, -0.15) is 5.10 Å². The lowest BCUT2D eigenvalue weighted by Crippen LogP contribution is -2.41. The predicted molar refractivity (Wildman–Crippen MR) is 149 cm³/mol. The molecule has 3 aromatic carbocycles. The normalized spacial score (nSPS) is 10.9. The number of anilines is 2. The Morgan fingerprint density at radius 1 is 0.974 bits per heavy atom. The summed E-state index contributed by atoms with van der Waals surface area (Å²) in [6.07, 6.45) is 0.729. The van der Waals surface area contributed by atoms with Gasteiger partial charge in [0.05, 0.1) is 11.4 Å². The molecular weight excluding hydrogens is 505 g/mol. The maximum atomic E-state index is 13.6. The summed E-state index contributed by atoms with van der Waals surface area (Å²) >= 11 is 5.95. The van der Waals surface area contributed by atoms with Gasteiger partial charge < -0.3 is 15.5 Å². The van der Waals surface area contributed by atoms with E-state index >= 15 is 0 Å². The van der Waals surface area contributed by atoms with Gasteiger partial charge in [-0.05, 0) is 60.9 Å². The minimum absolute atomic E-state index is 0.165. The number of urea groups is 1. The van der Waals surface area contributed by atoms with Gasteiger partial charge in [0.2, 0.25) is 5.91 Å². The van der Waals surface area contributed by atoms with Crippen LogP contribution in [0.2, 0.25) is 5.02 Å². The Hall–Kier alpha value is -4.17. The van der Waals surface area contributed by atoms with Gasteiger partial charge in [-0.3, -0.25) is 4.79 Å². The van der Waals surface area contributed by atoms with E-state index in [1.165, 1.54) is 17.0 Å². The average Bonchev–Trinajstić information content (AvgIpc) is 3.32. The molecule has 0 unspecified atom stereocenters. The number of hydrogen-bond acceptors (Lipinski definition) is 3. The predicted octanol–water partition coefficient (Wildman–Crippen LogP) is 6.85. The third-order valence-corrected chi connectivity index (χ3v) is 6.06. The van der Waals surface area contributed by atoms with Gasteiger partial charge >= 0.3 is 6.03 Å². The first kappa shape index (κ1) is 26.9. The number of aromatic nitrogens is 2. The van der Waals surface area contributed by atoms with Crippen LogP contribution in [-0.4, -0.2) is 39.7 Å². The largest absolute Gasteiger partial charge is 0.322 e. The van der Waals surface area contributed by atoms with Gasteiger partial charge in [0, 0.05) is 28.9 Å². The highest BCUT2D eigenvalue weighted by Crippen LogP contribution is 2.25. The van der Waals surface area contributed by atoms with Crippen LogP contribution >= 0.6 is 11.6 Å². The second-order valence-electron chi connectivity index (χ2n) is 9.26. The van der Waals surface area contributed by atoms with Crippen LogP contribution in [0.3, 0.4) is 0 Å². The van der Waals surface area contributed by atoms with Crippen LogP contribution in [0.1, 0.15) is 20.3 Å². The molecule has 0 fully saturated rings. The quantitative estimate of drug-likeness (QED) is 0.247. The minimum Gasteiger partial charge on any atom is -0.315 e. The van der Waals surface area contributed by atoms with Gasteiger partial charge in [0.15, 0.2) is 0 Å². The Balaban J connectivity index is 1.55. The Morgan fingerprint density at radius 2 is 1.66 bits per heavy atom. The maximum Gasteiger partial charge on any atom is 0.322 e. The summed E-state index contributed by atoms with van der Waals surface area (Å²) < 4.78 is 15.1. The molecule has 0 spiro atoms. The zero-order valence-corrected chi connectivity index (χ0v) is 22.0. The number of nitrogens with one attached hydrogen (secondary N) is 2. The second kappa shape index (κ2) is 12.4. The van der Waals surface area contributed by atoms with E-state index in [1.54, 1.807) is 47.1 Å². The minimum atomic E-state index is -0.389. The van der Waals surface area contributed by atoms with Crippen LogP contribution in [0, 0.1) is 11.7 Å². The van der Waals surface area contributed by atoms with E-state index in [0.717, 1.165) is 12.0 Å². The topological polar surface area (TPSA) is 79.3 Å². The number of amides is 3. The molecule has 0 aliphatic carbocycles. The summed E-state index contributed by atoms with van der Waals surface area (Å²) in [4.78, 5) is 27.7. The van der Waals surface area contributed by atoms with Gasteiger partial charge in [0.1, 0.15) is 18.2 Å². The lowest BCUT2D eigenvalue weighted by molar-refractivity contribution is -0.116. The third-order valence-electron chi connectivity index (χ3n) is 5.81. The molecule has 0 radical (unpaired) electrons. The summed E-state index contributed by atoms with van der Waals surface area (Å²) in [6.45, 7) is 4.35. The molecule has 196 valence electrons. The summed E-state index contributed by atoms with van der Waals surface area (Å²) in [7, 11) is 0. The van der Waals surface area contributed by atoms with E-state index < -0.39 is 0 Å². The van der Waals surface area contributed by atoms with Crippen molar-refractivity contribution >= 4 is 35.0 Å². The smallest absolute Gasteiger partial charge is 0.315 e. The van der Waals surface area contributed by atoms with Crippen molar-refractivity contribution < 1.29 is 14.0 Å². The molecule has 0 saturated carbocycles. The molecule has 4 aromatic rings. The molecule has 9 heteroatoms. The van der Waals surface area contributed by atoms with E-state index in [0.29, 0.717) is 40.4 Å². The van der Waals surface area contributed by atoms with Crippen molar-refractivity contribution in [2.75, 3.05) is 23.7 Å². The number of carbonyl (C=O) groups is 2. The maximum absolute atomic E-state index is 13.6. The van der Waals surface area contributed by atoms with Gasteiger partial charge in [0.25, 0.3) is 0 Å². The SMILES string of the molecule is CC(C)CCN(CC(=O)Nc1cc(-c2ccccc2)nn1-c1ccc(F)cc1)C(=O)Nc1ccc(Cl)cc1. The molecule has 3 amide bonds. The number of hydrogen-bond donors (Lipinski definition) is 2. The second-order valence-corrected chi connectivity index (χ2v) is 9.69. The summed E-state index contributed by atoms with van der Waals surface area (Å²) in [5, 5.41) is 10.9. The van der Waals surface area contributed by atoms with E-state index in [2.05, 4.69) is 29.6 Å². The number of halogens is 2. The highest BCUT2D eigenvalue weighted by molar-refractivity contribution is 6.30. The molecule has 38 heavy (non-hydrogen) atoms. The number of nitrogens with zero attached hydrogens (tertiary/aromatic N) is 3. The first-order valence-electron chi connectivity index (χ1n) is 12.3. The molecule has 0 saturated heterocycles. The monoisotopic (exact) mass is 533 g/mol. The van der Waals surface area contributed by atoms with E-state index in [4.69, 9.17) is 11.6 Å². The lowest BCUT2D eigenvalue weighted by Gasteiger charge is -2.23. The van der Waals surface area contributed by atoms with E-state index in [1.807, 2.05) is 30.3 Å². The molecule has 0 atom stereocenters. The molecular formula is C29H29ClFN5O2. The highest BCUT2D eigenvalue weighted by Gasteiger charge is 2.20. The average molecular weight is 534 g/mol. The van der Waals surface area contributed by atoms with Crippen molar-refractivity contribution in [1.29, 1.82) is 0 Å². The van der Waals surface area contributed by atoms with E-state index in [-0.39, 0.29) is 24.3 Å². The fourth-order valence-electron chi connectivity index (χ4n) is 3.76. The first-order chi connectivity index (χ1) is 18.3. The Morgan fingerprint density at radius 3 is 2.32 bits per heavy atom. The molecule has 4 rings (SSSR count).